The number of halogens is 1. The molecule has 1 nitrogen and oxygen atoms in total. The van der Waals surface area contributed by atoms with Crippen LogP contribution in [-0.2, 0) is 0 Å². The molecular formula is C14H11ClO. The van der Waals surface area contributed by atoms with E-state index in [4.69, 9.17) is 11.6 Å². The lowest BCUT2D eigenvalue weighted by atomic mass is 10.0. The average molecular weight is 231 g/mol. The monoisotopic (exact) mass is 230 g/mol. The van der Waals surface area contributed by atoms with Crippen LogP contribution in [0.4, 0.5) is 0 Å². The van der Waals surface area contributed by atoms with E-state index in [-0.39, 0.29) is 5.78 Å². The number of rotatable bonds is 2. The Bertz CT molecular complexity index is 484. The third-order valence-corrected chi connectivity index (χ3v) is 2.60. The first-order chi connectivity index (χ1) is 7.66. The summed E-state index contributed by atoms with van der Waals surface area (Å²) in [6.45, 7) is 1.97. The molecule has 0 aromatic heterocycles. The molecule has 2 aromatic carbocycles. The summed E-state index contributed by atoms with van der Waals surface area (Å²) >= 11 is 5.86. The van der Waals surface area contributed by atoms with Gasteiger partial charge in [0.1, 0.15) is 0 Å². The number of carbonyl (C=O) groups excluding carboxylic acids is 1. The first-order valence-electron chi connectivity index (χ1n) is 5.04. The van der Waals surface area contributed by atoms with Gasteiger partial charge in [-0.2, -0.15) is 0 Å². The molecule has 0 heterocycles. The summed E-state index contributed by atoms with van der Waals surface area (Å²) in [4.78, 5) is 12.1. The van der Waals surface area contributed by atoms with Gasteiger partial charge in [0.05, 0.1) is 0 Å². The maximum Gasteiger partial charge on any atom is 0.193 e. The first kappa shape index (κ1) is 10.9. The van der Waals surface area contributed by atoms with Crippen molar-refractivity contribution < 1.29 is 4.79 Å². The van der Waals surface area contributed by atoms with E-state index in [9.17, 15) is 4.79 Å². The Morgan fingerprint density at radius 3 is 2.25 bits per heavy atom. The highest BCUT2D eigenvalue weighted by molar-refractivity contribution is 6.31. The van der Waals surface area contributed by atoms with E-state index in [1.807, 2.05) is 31.2 Å². The fourth-order valence-electron chi connectivity index (χ4n) is 1.58. The Morgan fingerprint density at radius 1 is 1.00 bits per heavy atom. The average Bonchev–Trinajstić information content (AvgIpc) is 2.28. The molecule has 0 bridgehead atoms. The highest BCUT2D eigenvalue weighted by atomic mass is 35.5. The molecule has 0 radical (unpaired) electrons. The van der Waals surface area contributed by atoms with Gasteiger partial charge in [0.2, 0.25) is 0 Å². The number of hydrogen-bond acceptors (Lipinski definition) is 1. The van der Waals surface area contributed by atoms with Crippen LogP contribution < -0.4 is 0 Å². The lowest BCUT2D eigenvalue weighted by Gasteiger charge is -2.02. The Balaban J connectivity index is 2.39. The summed E-state index contributed by atoms with van der Waals surface area (Å²) < 4.78 is 0. The molecule has 16 heavy (non-hydrogen) atoms. The maximum absolute atomic E-state index is 12.1. The molecule has 0 atom stereocenters. The van der Waals surface area contributed by atoms with Gasteiger partial charge in [-0.25, -0.2) is 0 Å². The van der Waals surface area contributed by atoms with E-state index in [0.717, 1.165) is 5.56 Å². The standard InChI is InChI=1S/C14H11ClO/c1-10-4-2-5-11(8-10)14(16)12-6-3-7-13(15)9-12/h2-9H,1H3. The van der Waals surface area contributed by atoms with Crippen molar-refractivity contribution in [3.05, 3.63) is 70.2 Å². The van der Waals surface area contributed by atoms with Crippen molar-refractivity contribution in [3.8, 4) is 0 Å². The normalized spacial score (nSPS) is 10.1. The molecule has 0 aliphatic rings. The van der Waals surface area contributed by atoms with Crippen LogP contribution >= 0.6 is 11.6 Å². The second-order valence-electron chi connectivity index (χ2n) is 3.71. The number of hydrogen-bond donors (Lipinski definition) is 0. The smallest absolute Gasteiger partial charge is 0.193 e. The number of aryl methyl sites for hydroxylation is 1. The van der Waals surface area contributed by atoms with E-state index in [2.05, 4.69) is 0 Å². The molecule has 80 valence electrons. The Kier molecular flexibility index (Phi) is 3.07. The summed E-state index contributed by atoms with van der Waals surface area (Å²) in [5, 5.41) is 0.582. The minimum atomic E-state index is 0.00574. The lowest BCUT2D eigenvalue weighted by molar-refractivity contribution is 0.103. The minimum Gasteiger partial charge on any atom is -0.289 e. The van der Waals surface area contributed by atoms with Crippen LogP contribution in [0.2, 0.25) is 5.02 Å². The van der Waals surface area contributed by atoms with Gasteiger partial charge in [-0.3, -0.25) is 4.79 Å². The molecule has 0 aliphatic heterocycles. The third kappa shape index (κ3) is 2.31. The van der Waals surface area contributed by atoms with E-state index >= 15 is 0 Å². The van der Waals surface area contributed by atoms with Crippen molar-refractivity contribution in [1.29, 1.82) is 0 Å². The highest BCUT2D eigenvalue weighted by Crippen LogP contribution is 2.15. The van der Waals surface area contributed by atoms with Gasteiger partial charge < -0.3 is 0 Å². The zero-order valence-corrected chi connectivity index (χ0v) is 9.66. The van der Waals surface area contributed by atoms with Crippen molar-refractivity contribution in [2.45, 2.75) is 6.92 Å². The highest BCUT2D eigenvalue weighted by Gasteiger charge is 2.08. The van der Waals surface area contributed by atoms with Crippen LogP contribution in [0.15, 0.2) is 48.5 Å². The molecule has 2 heteroatoms. The van der Waals surface area contributed by atoms with E-state index in [1.165, 1.54) is 0 Å². The number of ketones is 1. The van der Waals surface area contributed by atoms with Gasteiger partial charge >= 0.3 is 0 Å². The van der Waals surface area contributed by atoms with Crippen LogP contribution in [0, 0.1) is 6.92 Å². The SMILES string of the molecule is Cc1cccc(C(=O)c2cccc(Cl)c2)c1. The fourth-order valence-corrected chi connectivity index (χ4v) is 1.77. The molecule has 0 fully saturated rings. The Labute approximate surface area is 99.7 Å². The second kappa shape index (κ2) is 4.50. The molecule has 0 spiro atoms. The molecule has 0 unspecified atom stereocenters. The van der Waals surface area contributed by atoms with Gasteiger partial charge in [-0.15, -0.1) is 0 Å². The van der Waals surface area contributed by atoms with Crippen molar-refractivity contribution >= 4 is 17.4 Å². The molecule has 0 aliphatic carbocycles. The van der Waals surface area contributed by atoms with Crippen molar-refractivity contribution in [3.63, 3.8) is 0 Å². The Hall–Kier alpha value is -1.60. The Morgan fingerprint density at radius 2 is 1.62 bits per heavy atom. The predicted octanol–water partition coefficient (Wildman–Crippen LogP) is 3.88. The van der Waals surface area contributed by atoms with Gasteiger partial charge in [0.15, 0.2) is 5.78 Å². The van der Waals surface area contributed by atoms with Gasteiger partial charge in [0, 0.05) is 16.1 Å². The summed E-state index contributed by atoms with van der Waals surface area (Å²) in [5.74, 6) is 0.00574. The van der Waals surface area contributed by atoms with Crippen molar-refractivity contribution in [1.82, 2.24) is 0 Å². The van der Waals surface area contributed by atoms with Gasteiger partial charge in [-0.1, -0.05) is 47.5 Å². The van der Waals surface area contributed by atoms with Gasteiger partial charge in [-0.05, 0) is 25.1 Å². The van der Waals surface area contributed by atoms with Crippen molar-refractivity contribution in [2.75, 3.05) is 0 Å². The van der Waals surface area contributed by atoms with E-state index < -0.39 is 0 Å². The molecule has 2 rings (SSSR count). The topological polar surface area (TPSA) is 17.1 Å². The maximum atomic E-state index is 12.1. The molecule has 2 aromatic rings. The second-order valence-corrected chi connectivity index (χ2v) is 4.15. The first-order valence-corrected chi connectivity index (χ1v) is 5.41. The summed E-state index contributed by atoms with van der Waals surface area (Å²) in [7, 11) is 0. The summed E-state index contributed by atoms with van der Waals surface area (Å²) in [5.41, 5.74) is 2.40. The predicted molar refractivity (Wildman–Crippen MR) is 66.1 cm³/mol. The zero-order valence-electron chi connectivity index (χ0n) is 8.91. The molecular weight excluding hydrogens is 220 g/mol. The van der Waals surface area contributed by atoms with Crippen molar-refractivity contribution in [2.24, 2.45) is 0 Å². The summed E-state index contributed by atoms with van der Waals surface area (Å²) in [6.07, 6.45) is 0. The summed E-state index contributed by atoms with van der Waals surface area (Å²) in [6, 6.07) is 14.5. The van der Waals surface area contributed by atoms with E-state index in [1.54, 1.807) is 24.3 Å². The van der Waals surface area contributed by atoms with Gasteiger partial charge in [0.25, 0.3) is 0 Å². The number of benzene rings is 2. The lowest BCUT2D eigenvalue weighted by Crippen LogP contribution is -2.01. The molecule has 0 N–H and O–H groups in total. The quantitative estimate of drug-likeness (QED) is 0.716. The van der Waals surface area contributed by atoms with E-state index in [0.29, 0.717) is 16.1 Å². The fraction of sp³-hybridized carbons (Fsp3) is 0.0714. The van der Waals surface area contributed by atoms with Crippen LogP contribution in [0.3, 0.4) is 0 Å². The largest absolute Gasteiger partial charge is 0.289 e. The van der Waals surface area contributed by atoms with Crippen LogP contribution in [0.25, 0.3) is 0 Å². The zero-order chi connectivity index (χ0) is 11.5. The van der Waals surface area contributed by atoms with Crippen LogP contribution in [0.5, 0.6) is 0 Å². The number of carbonyl (C=O) groups is 1. The van der Waals surface area contributed by atoms with Crippen LogP contribution in [0.1, 0.15) is 21.5 Å². The minimum absolute atomic E-state index is 0.00574. The molecule has 0 saturated carbocycles. The molecule has 0 saturated heterocycles. The van der Waals surface area contributed by atoms with Crippen LogP contribution in [-0.4, -0.2) is 5.78 Å². The third-order valence-electron chi connectivity index (χ3n) is 2.37. The molecule has 0 amide bonds.